The van der Waals surface area contributed by atoms with Crippen LogP contribution >= 0.6 is 0 Å². The topological polar surface area (TPSA) is 49.6 Å². The van der Waals surface area contributed by atoms with Crippen molar-refractivity contribution in [2.75, 3.05) is 0 Å². The molecule has 1 aromatic carbocycles. The molecule has 0 saturated carbocycles. The van der Waals surface area contributed by atoms with Gasteiger partial charge in [0.05, 0.1) is 5.69 Å². The first-order valence-corrected chi connectivity index (χ1v) is 5.08. The fraction of sp³-hybridized carbons (Fsp3) is 0.154. The lowest BCUT2D eigenvalue weighted by atomic mass is 9.97. The summed E-state index contributed by atoms with van der Waals surface area (Å²) in [5.41, 5.74) is 2.47. The Labute approximate surface area is 94.4 Å². The number of nitrogens with zero attached hydrogens (tertiary/aromatic N) is 3. The molecule has 3 heteroatoms. The van der Waals surface area contributed by atoms with Gasteiger partial charge in [-0.1, -0.05) is 37.3 Å². The van der Waals surface area contributed by atoms with Gasteiger partial charge in [-0.05, 0) is 11.6 Å². The van der Waals surface area contributed by atoms with Gasteiger partial charge in [0, 0.05) is 5.92 Å². The van der Waals surface area contributed by atoms with Crippen LogP contribution in [0.1, 0.15) is 29.8 Å². The molecule has 1 aromatic heterocycles. The second-order valence-corrected chi connectivity index (χ2v) is 3.57. The van der Waals surface area contributed by atoms with E-state index in [1.807, 2.05) is 24.3 Å². The molecule has 0 N–H and O–H groups in total. The summed E-state index contributed by atoms with van der Waals surface area (Å²) in [7, 11) is 0. The zero-order chi connectivity index (χ0) is 11.4. The first-order valence-electron chi connectivity index (χ1n) is 5.08. The molecule has 0 fully saturated rings. The van der Waals surface area contributed by atoms with Gasteiger partial charge in [-0.15, -0.1) is 0 Å². The molecule has 2 aromatic rings. The third-order valence-corrected chi connectivity index (χ3v) is 2.55. The van der Waals surface area contributed by atoms with Gasteiger partial charge in [0.25, 0.3) is 0 Å². The van der Waals surface area contributed by atoms with Crippen molar-refractivity contribution < 1.29 is 0 Å². The van der Waals surface area contributed by atoms with Gasteiger partial charge >= 0.3 is 0 Å². The second kappa shape index (κ2) is 4.54. The highest BCUT2D eigenvalue weighted by molar-refractivity contribution is 5.30. The lowest BCUT2D eigenvalue weighted by Crippen LogP contribution is -2.00. The fourth-order valence-corrected chi connectivity index (χ4v) is 1.58. The van der Waals surface area contributed by atoms with E-state index in [1.165, 1.54) is 11.9 Å². The summed E-state index contributed by atoms with van der Waals surface area (Å²) in [6, 6.07) is 13.8. The molecule has 0 spiro atoms. The minimum atomic E-state index is 0.177. The van der Waals surface area contributed by atoms with Crippen LogP contribution in [0.4, 0.5) is 0 Å². The molecule has 1 atom stereocenters. The van der Waals surface area contributed by atoms with E-state index in [0.29, 0.717) is 5.69 Å². The molecule has 0 saturated heterocycles. The lowest BCUT2D eigenvalue weighted by Gasteiger charge is -2.10. The summed E-state index contributed by atoms with van der Waals surface area (Å²) in [5, 5.41) is 8.77. The molecule has 16 heavy (non-hydrogen) atoms. The summed E-state index contributed by atoms with van der Waals surface area (Å²) in [5.74, 6) is 0.177. The van der Waals surface area contributed by atoms with Crippen molar-refractivity contribution >= 4 is 0 Å². The summed E-state index contributed by atoms with van der Waals surface area (Å²) < 4.78 is 0. The Balaban J connectivity index is 2.35. The van der Waals surface area contributed by atoms with Crippen LogP contribution in [0.3, 0.4) is 0 Å². The van der Waals surface area contributed by atoms with Gasteiger partial charge in [0.15, 0.2) is 0 Å². The minimum Gasteiger partial charge on any atom is -0.241 e. The zero-order valence-corrected chi connectivity index (χ0v) is 8.96. The van der Waals surface area contributed by atoms with Crippen LogP contribution in [-0.2, 0) is 0 Å². The average molecular weight is 209 g/mol. The molecule has 3 nitrogen and oxygen atoms in total. The van der Waals surface area contributed by atoms with E-state index < -0.39 is 0 Å². The maximum Gasteiger partial charge on any atom is 0.144 e. The lowest BCUT2D eigenvalue weighted by molar-refractivity contribution is 0.856. The molecule has 2 rings (SSSR count). The molecule has 0 unspecified atom stereocenters. The van der Waals surface area contributed by atoms with Gasteiger partial charge in [-0.2, -0.15) is 5.26 Å². The van der Waals surface area contributed by atoms with E-state index in [4.69, 9.17) is 5.26 Å². The summed E-state index contributed by atoms with van der Waals surface area (Å²) in [4.78, 5) is 8.06. The Morgan fingerprint density at radius 1 is 1.19 bits per heavy atom. The summed E-state index contributed by atoms with van der Waals surface area (Å²) >= 11 is 0. The molecule has 78 valence electrons. The summed E-state index contributed by atoms with van der Waals surface area (Å²) in [6.45, 7) is 2.07. The average Bonchev–Trinajstić information content (AvgIpc) is 2.39. The van der Waals surface area contributed by atoms with Crippen LogP contribution in [0.25, 0.3) is 0 Å². The van der Waals surface area contributed by atoms with E-state index >= 15 is 0 Å². The molecular formula is C13H11N3. The number of aromatic nitrogens is 2. The number of hydrogen-bond acceptors (Lipinski definition) is 3. The first kappa shape index (κ1) is 10.3. The van der Waals surface area contributed by atoms with E-state index in [1.54, 1.807) is 6.07 Å². The molecule has 0 amide bonds. The predicted molar refractivity (Wildman–Crippen MR) is 60.7 cm³/mol. The van der Waals surface area contributed by atoms with E-state index in [2.05, 4.69) is 29.0 Å². The fourth-order valence-electron chi connectivity index (χ4n) is 1.58. The van der Waals surface area contributed by atoms with Crippen LogP contribution in [0.5, 0.6) is 0 Å². The van der Waals surface area contributed by atoms with Crippen molar-refractivity contribution in [2.24, 2.45) is 0 Å². The Bertz CT molecular complexity index is 514. The third kappa shape index (κ3) is 2.06. The van der Waals surface area contributed by atoms with Crippen LogP contribution in [0, 0.1) is 11.3 Å². The number of benzene rings is 1. The number of hydrogen-bond donors (Lipinski definition) is 0. The Morgan fingerprint density at radius 2 is 1.94 bits per heavy atom. The molecule has 1 heterocycles. The van der Waals surface area contributed by atoms with Crippen LogP contribution in [0.15, 0.2) is 42.7 Å². The SMILES string of the molecule is C[C@H](c1ccccc1)c1cc(C#N)ncn1. The third-order valence-electron chi connectivity index (χ3n) is 2.55. The van der Waals surface area contributed by atoms with E-state index in [0.717, 1.165) is 5.69 Å². The van der Waals surface area contributed by atoms with Crippen LogP contribution < -0.4 is 0 Å². The van der Waals surface area contributed by atoms with Crippen molar-refractivity contribution in [3.05, 3.63) is 59.7 Å². The quantitative estimate of drug-likeness (QED) is 0.763. The van der Waals surface area contributed by atoms with Crippen molar-refractivity contribution in [1.29, 1.82) is 5.26 Å². The maximum absolute atomic E-state index is 8.77. The predicted octanol–water partition coefficient (Wildman–Crippen LogP) is 2.50. The maximum atomic E-state index is 8.77. The highest BCUT2D eigenvalue weighted by atomic mass is 14.8. The van der Waals surface area contributed by atoms with Crippen molar-refractivity contribution in [3.8, 4) is 6.07 Å². The molecule has 0 aliphatic rings. The Morgan fingerprint density at radius 3 is 2.62 bits per heavy atom. The summed E-state index contributed by atoms with van der Waals surface area (Å²) in [6.07, 6.45) is 1.44. The second-order valence-electron chi connectivity index (χ2n) is 3.57. The smallest absolute Gasteiger partial charge is 0.144 e. The number of rotatable bonds is 2. The minimum absolute atomic E-state index is 0.177. The molecule has 0 aliphatic heterocycles. The monoisotopic (exact) mass is 209 g/mol. The molecule has 0 aliphatic carbocycles. The first-order chi connectivity index (χ1) is 7.81. The van der Waals surface area contributed by atoms with Crippen molar-refractivity contribution in [3.63, 3.8) is 0 Å². The van der Waals surface area contributed by atoms with Gasteiger partial charge in [-0.25, -0.2) is 9.97 Å². The van der Waals surface area contributed by atoms with E-state index in [-0.39, 0.29) is 5.92 Å². The van der Waals surface area contributed by atoms with Crippen LogP contribution in [0.2, 0.25) is 0 Å². The highest BCUT2D eigenvalue weighted by Crippen LogP contribution is 2.21. The van der Waals surface area contributed by atoms with Gasteiger partial charge in [-0.3, -0.25) is 0 Å². The van der Waals surface area contributed by atoms with Crippen LogP contribution in [-0.4, -0.2) is 9.97 Å². The molecule has 0 bridgehead atoms. The van der Waals surface area contributed by atoms with Gasteiger partial charge in [0.1, 0.15) is 18.1 Å². The highest BCUT2D eigenvalue weighted by Gasteiger charge is 2.09. The van der Waals surface area contributed by atoms with Gasteiger partial charge in [0.2, 0.25) is 0 Å². The zero-order valence-electron chi connectivity index (χ0n) is 8.96. The Kier molecular flexibility index (Phi) is 2.93. The van der Waals surface area contributed by atoms with Crippen molar-refractivity contribution in [1.82, 2.24) is 9.97 Å². The number of nitriles is 1. The largest absolute Gasteiger partial charge is 0.241 e. The molecule has 0 radical (unpaired) electrons. The van der Waals surface area contributed by atoms with Gasteiger partial charge < -0.3 is 0 Å². The normalized spacial score (nSPS) is 11.8. The Hall–Kier alpha value is -2.21. The van der Waals surface area contributed by atoms with E-state index in [9.17, 15) is 0 Å². The van der Waals surface area contributed by atoms with Crippen molar-refractivity contribution in [2.45, 2.75) is 12.8 Å². The molecular weight excluding hydrogens is 198 g/mol. The standard InChI is InChI=1S/C13H11N3/c1-10(11-5-3-2-4-6-11)13-7-12(8-14)15-9-16-13/h2-7,9-10H,1H3/t10-/m1/s1.